The monoisotopic (exact) mass is 427 g/mol. The molecule has 0 bridgehead atoms. The van der Waals surface area contributed by atoms with Crippen LogP contribution in [0.5, 0.6) is 0 Å². The van der Waals surface area contributed by atoms with Gasteiger partial charge < -0.3 is 19.9 Å². The third kappa shape index (κ3) is 4.88. The largest absolute Gasteiger partial charge is 0.397 e. The molecule has 2 fully saturated rings. The summed E-state index contributed by atoms with van der Waals surface area (Å²) in [5.41, 5.74) is -0.762. The van der Waals surface area contributed by atoms with E-state index >= 15 is 0 Å². The van der Waals surface area contributed by atoms with Crippen LogP contribution in [0, 0.1) is 0 Å². The third-order valence-corrected chi connectivity index (χ3v) is 5.89. The fraction of sp³-hybridized carbons (Fsp3) is 0.619. The zero-order valence-electron chi connectivity index (χ0n) is 17.3. The molecule has 2 aliphatic rings. The van der Waals surface area contributed by atoms with E-state index in [0.29, 0.717) is 26.2 Å². The maximum absolute atomic E-state index is 13.2. The number of carbonyl (C=O) groups excluding carboxylic acids is 2. The van der Waals surface area contributed by atoms with Crippen LogP contribution in [-0.2, 0) is 14.9 Å². The zero-order valence-corrected chi connectivity index (χ0v) is 17.3. The summed E-state index contributed by atoms with van der Waals surface area (Å²) in [4.78, 5) is 27.6. The highest BCUT2D eigenvalue weighted by atomic mass is 19.4. The molecule has 0 saturated carbocycles. The van der Waals surface area contributed by atoms with Gasteiger partial charge in [-0.05, 0) is 37.8 Å². The predicted octanol–water partition coefficient (Wildman–Crippen LogP) is 3.23. The second-order valence-electron chi connectivity index (χ2n) is 8.43. The number of carbonyl (C=O) groups is 2. The van der Waals surface area contributed by atoms with Gasteiger partial charge in [-0.25, -0.2) is 4.79 Å². The smallest absolute Gasteiger partial charge is 0.354 e. The number of alkyl halides is 3. The van der Waals surface area contributed by atoms with Gasteiger partial charge in [-0.15, -0.1) is 0 Å². The number of urea groups is 1. The highest BCUT2D eigenvalue weighted by molar-refractivity contribution is 5.77. The predicted molar refractivity (Wildman–Crippen MR) is 105 cm³/mol. The second kappa shape index (κ2) is 8.83. The fourth-order valence-corrected chi connectivity index (χ4v) is 3.55. The number of ether oxygens (including phenoxy) is 1. The molecule has 9 heteroatoms. The van der Waals surface area contributed by atoms with Crippen molar-refractivity contribution in [1.29, 1.82) is 0 Å². The van der Waals surface area contributed by atoms with E-state index in [1.165, 1.54) is 26.0 Å². The fourth-order valence-electron chi connectivity index (χ4n) is 3.55. The van der Waals surface area contributed by atoms with E-state index in [4.69, 9.17) is 4.74 Å². The molecule has 0 aliphatic carbocycles. The molecule has 3 rings (SSSR count). The number of hydrogen-bond donors (Lipinski definition) is 1. The average Bonchev–Trinajstić information content (AvgIpc) is 2.65. The van der Waals surface area contributed by atoms with Gasteiger partial charge in [0.2, 0.25) is 5.91 Å². The van der Waals surface area contributed by atoms with Crippen molar-refractivity contribution in [1.82, 2.24) is 15.1 Å². The lowest BCUT2D eigenvalue weighted by Gasteiger charge is -2.42. The van der Waals surface area contributed by atoms with Crippen LogP contribution >= 0.6 is 0 Å². The van der Waals surface area contributed by atoms with E-state index in [0.717, 1.165) is 18.4 Å². The van der Waals surface area contributed by atoms with Gasteiger partial charge in [0.15, 0.2) is 0 Å². The molecule has 166 valence electrons. The standard InChI is InChI=1S/C21H28F3N3O3/c1-20(2,21(22,23)24)17-7-5-15(6-8-17)16-11-27(12-16)19(29)26-10-4-3-9-25-18(28)13-30-14-26/h5-8,16H,3-4,9-14H2,1-2H3,(H,25,28). The Labute approximate surface area is 174 Å². The molecule has 30 heavy (non-hydrogen) atoms. The Morgan fingerprint density at radius 1 is 1.10 bits per heavy atom. The van der Waals surface area contributed by atoms with Crippen LogP contribution in [0.4, 0.5) is 18.0 Å². The van der Waals surface area contributed by atoms with Crippen LogP contribution in [0.1, 0.15) is 43.7 Å². The molecule has 0 aromatic heterocycles. The van der Waals surface area contributed by atoms with Crippen LogP contribution in [0.25, 0.3) is 0 Å². The Morgan fingerprint density at radius 3 is 2.40 bits per heavy atom. The molecule has 1 aromatic rings. The summed E-state index contributed by atoms with van der Waals surface area (Å²) in [6.07, 6.45) is -2.76. The molecular formula is C21H28F3N3O3. The Bertz CT molecular complexity index is 759. The second-order valence-corrected chi connectivity index (χ2v) is 8.43. The van der Waals surface area contributed by atoms with Crippen LogP contribution in [0.2, 0.25) is 0 Å². The van der Waals surface area contributed by atoms with E-state index in [1.54, 1.807) is 21.9 Å². The average molecular weight is 427 g/mol. The number of halogens is 3. The van der Waals surface area contributed by atoms with Gasteiger partial charge >= 0.3 is 12.2 Å². The Morgan fingerprint density at radius 2 is 1.77 bits per heavy atom. The molecule has 0 unspecified atom stereocenters. The maximum atomic E-state index is 13.2. The molecule has 2 heterocycles. The topological polar surface area (TPSA) is 61.9 Å². The van der Waals surface area contributed by atoms with Crippen molar-refractivity contribution >= 4 is 11.9 Å². The zero-order chi connectivity index (χ0) is 21.9. The van der Waals surface area contributed by atoms with Gasteiger partial charge in [-0.3, -0.25) is 4.79 Å². The summed E-state index contributed by atoms with van der Waals surface area (Å²) in [5.74, 6) is -0.0881. The molecule has 2 aliphatic heterocycles. The lowest BCUT2D eigenvalue weighted by atomic mass is 9.82. The number of hydrogen-bond acceptors (Lipinski definition) is 3. The lowest BCUT2D eigenvalue weighted by molar-refractivity contribution is -0.180. The summed E-state index contributed by atoms with van der Waals surface area (Å²) < 4.78 is 45.0. The van der Waals surface area contributed by atoms with Crippen molar-refractivity contribution in [2.45, 2.75) is 44.2 Å². The van der Waals surface area contributed by atoms with Crippen LogP contribution in [0.15, 0.2) is 24.3 Å². The quantitative estimate of drug-likeness (QED) is 0.788. The van der Waals surface area contributed by atoms with Crippen molar-refractivity contribution in [2.75, 3.05) is 39.5 Å². The molecule has 3 amide bonds. The van der Waals surface area contributed by atoms with E-state index in [-0.39, 0.29) is 36.8 Å². The minimum Gasteiger partial charge on any atom is -0.354 e. The Hall–Kier alpha value is -2.29. The maximum Gasteiger partial charge on any atom is 0.397 e. The van der Waals surface area contributed by atoms with Gasteiger partial charge in [-0.2, -0.15) is 13.2 Å². The minimum absolute atomic E-state index is 0.0641. The van der Waals surface area contributed by atoms with Crippen molar-refractivity contribution in [3.8, 4) is 0 Å². The minimum atomic E-state index is -4.32. The van der Waals surface area contributed by atoms with Gasteiger partial charge in [0.05, 0.1) is 5.41 Å². The molecule has 1 aromatic carbocycles. The summed E-state index contributed by atoms with van der Waals surface area (Å²) in [6, 6.07) is 6.36. The van der Waals surface area contributed by atoms with E-state index in [1.807, 2.05) is 0 Å². The van der Waals surface area contributed by atoms with Gasteiger partial charge in [-0.1, -0.05) is 24.3 Å². The molecular weight excluding hydrogens is 399 g/mol. The first-order valence-electron chi connectivity index (χ1n) is 10.1. The SMILES string of the molecule is CC(C)(c1ccc(C2CN(C(=O)N3CCCCNC(=O)COC3)C2)cc1)C(F)(F)F. The van der Waals surface area contributed by atoms with Crippen molar-refractivity contribution in [2.24, 2.45) is 0 Å². The summed E-state index contributed by atoms with van der Waals surface area (Å²) in [7, 11) is 0. The van der Waals surface area contributed by atoms with E-state index < -0.39 is 11.6 Å². The lowest BCUT2D eigenvalue weighted by Crippen LogP contribution is -2.54. The third-order valence-electron chi connectivity index (χ3n) is 5.89. The van der Waals surface area contributed by atoms with Gasteiger partial charge in [0.1, 0.15) is 13.3 Å². The van der Waals surface area contributed by atoms with Crippen molar-refractivity contribution in [3.63, 3.8) is 0 Å². The summed E-state index contributed by atoms with van der Waals surface area (Å²) in [5, 5.41) is 2.75. The number of rotatable bonds is 2. The van der Waals surface area contributed by atoms with E-state index in [2.05, 4.69) is 5.32 Å². The number of nitrogens with one attached hydrogen (secondary N) is 1. The van der Waals surface area contributed by atoms with Crippen LogP contribution in [-0.4, -0.2) is 67.4 Å². The highest BCUT2D eigenvalue weighted by Crippen LogP contribution is 2.41. The first-order valence-corrected chi connectivity index (χ1v) is 10.1. The van der Waals surface area contributed by atoms with Gasteiger partial charge in [0, 0.05) is 32.1 Å². The number of amides is 3. The number of likely N-dealkylation sites (tertiary alicyclic amines) is 1. The number of benzene rings is 1. The summed E-state index contributed by atoms with van der Waals surface area (Å²) >= 11 is 0. The summed E-state index contributed by atoms with van der Waals surface area (Å²) in [6.45, 7) is 4.47. The van der Waals surface area contributed by atoms with E-state index in [9.17, 15) is 22.8 Å². The first-order chi connectivity index (χ1) is 14.1. The van der Waals surface area contributed by atoms with Crippen LogP contribution in [0.3, 0.4) is 0 Å². The van der Waals surface area contributed by atoms with Crippen LogP contribution < -0.4 is 5.32 Å². The Kier molecular flexibility index (Phi) is 6.59. The molecule has 0 spiro atoms. The number of nitrogens with zero attached hydrogens (tertiary/aromatic N) is 2. The van der Waals surface area contributed by atoms with Gasteiger partial charge in [0.25, 0.3) is 0 Å². The normalized spacial score (nSPS) is 19.8. The molecule has 6 nitrogen and oxygen atoms in total. The highest BCUT2D eigenvalue weighted by Gasteiger charge is 2.48. The molecule has 2 saturated heterocycles. The van der Waals surface area contributed by atoms with Crippen molar-refractivity contribution < 1.29 is 27.5 Å². The first kappa shape index (κ1) is 22.4. The van der Waals surface area contributed by atoms with Crippen molar-refractivity contribution in [3.05, 3.63) is 35.4 Å². The molecule has 1 N–H and O–H groups in total. The molecule has 0 atom stereocenters. The Balaban J connectivity index is 1.55. The molecule has 0 radical (unpaired) electrons.